The first-order valence-corrected chi connectivity index (χ1v) is 10.7. The molecule has 0 saturated heterocycles. The number of amides is 1. The Hall–Kier alpha value is -3.26. The van der Waals surface area contributed by atoms with E-state index in [1.807, 2.05) is 54.6 Å². The maximum Gasteiger partial charge on any atom is 0.230 e. The summed E-state index contributed by atoms with van der Waals surface area (Å²) in [6.45, 7) is 0.606. The number of nitrogens with zero attached hydrogens (tertiary/aromatic N) is 2. The van der Waals surface area contributed by atoms with E-state index in [0.29, 0.717) is 34.5 Å². The van der Waals surface area contributed by atoms with E-state index in [0.717, 1.165) is 12.0 Å². The highest BCUT2D eigenvalue weighted by Gasteiger charge is 2.15. The van der Waals surface area contributed by atoms with Crippen LogP contribution in [0.4, 0.5) is 0 Å². The van der Waals surface area contributed by atoms with Gasteiger partial charge in [-0.1, -0.05) is 42.1 Å². The van der Waals surface area contributed by atoms with Gasteiger partial charge in [0.05, 0.1) is 32.8 Å². The molecule has 0 saturated carbocycles. The number of benzene rings is 2. The van der Waals surface area contributed by atoms with Crippen molar-refractivity contribution in [2.45, 2.75) is 11.4 Å². The molecule has 1 aromatic heterocycles. The van der Waals surface area contributed by atoms with Crippen molar-refractivity contribution in [3.8, 4) is 28.5 Å². The lowest BCUT2D eigenvalue weighted by atomic mass is 10.1. The van der Waals surface area contributed by atoms with E-state index in [4.69, 9.17) is 14.2 Å². The molecule has 0 radical (unpaired) electrons. The molecule has 3 aromatic rings. The molecule has 8 heteroatoms. The van der Waals surface area contributed by atoms with Gasteiger partial charge in [0.25, 0.3) is 0 Å². The molecule has 1 heterocycles. The van der Waals surface area contributed by atoms with Crippen molar-refractivity contribution < 1.29 is 19.0 Å². The Labute approximate surface area is 186 Å². The van der Waals surface area contributed by atoms with Gasteiger partial charge in [0.1, 0.15) is 5.03 Å². The molecule has 7 nitrogen and oxygen atoms in total. The zero-order chi connectivity index (χ0) is 22.1. The third kappa shape index (κ3) is 6.11. The summed E-state index contributed by atoms with van der Waals surface area (Å²) < 4.78 is 16.1. The normalized spacial score (nSPS) is 10.4. The second kappa shape index (κ2) is 11.2. The Morgan fingerprint density at radius 3 is 2.23 bits per heavy atom. The van der Waals surface area contributed by atoms with Gasteiger partial charge in [-0.25, -0.2) is 0 Å². The first-order chi connectivity index (χ1) is 15.1. The van der Waals surface area contributed by atoms with E-state index >= 15 is 0 Å². The highest BCUT2D eigenvalue weighted by molar-refractivity contribution is 7.99. The fourth-order valence-corrected chi connectivity index (χ4v) is 3.61. The van der Waals surface area contributed by atoms with Crippen LogP contribution in [0.3, 0.4) is 0 Å². The summed E-state index contributed by atoms with van der Waals surface area (Å²) in [4.78, 5) is 12.1. The van der Waals surface area contributed by atoms with Crippen molar-refractivity contribution in [2.24, 2.45) is 0 Å². The van der Waals surface area contributed by atoms with Crippen LogP contribution in [-0.4, -0.2) is 49.7 Å². The fourth-order valence-electron chi connectivity index (χ4n) is 2.96. The first-order valence-electron chi connectivity index (χ1n) is 9.72. The van der Waals surface area contributed by atoms with Crippen molar-refractivity contribution >= 4 is 17.7 Å². The maximum absolute atomic E-state index is 12.1. The van der Waals surface area contributed by atoms with Crippen LogP contribution in [0.2, 0.25) is 0 Å². The minimum Gasteiger partial charge on any atom is -0.493 e. The molecule has 0 spiro atoms. The van der Waals surface area contributed by atoms with Crippen LogP contribution in [-0.2, 0) is 11.2 Å². The Bertz CT molecular complexity index is 972. The summed E-state index contributed by atoms with van der Waals surface area (Å²) in [5.74, 6) is 1.87. The van der Waals surface area contributed by atoms with Gasteiger partial charge in [0.2, 0.25) is 11.7 Å². The topological polar surface area (TPSA) is 82.6 Å². The van der Waals surface area contributed by atoms with E-state index in [-0.39, 0.29) is 11.7 Å². The maximum atomic E-state index is 12.1. The predicted molar refractivity (Wildman–Crippen MR) is 121 cm³/mol. The Morgan fingerprint density at radius 2 is 1.65 bits per heavy atom. The molecule has 1 N–H and O–H groups in total. The third-order valence-electron chi connectivity index (χ3n) is 4.53. The third-order valence-corrected chi connectivity index (χ3v) is 5.45. The molecule has 0 fully saturated rings. The smallest absolute Gasteiger partial charge is 0.230 e. The average molecular weight is 440 g/mol. The molecule has 0 aliphatic heterocycles. The standard InChI is InChI=1S/C23H25N3O4S/c1-28-19-13-17(14-20(29-2)23(19)30-3)18-9-10-22(26-25-18)31-15-21(27)24-12-11-16-7-5-4-6-8-16/h4-10,13-14H,11-12,15H2,1-3H3,(H,24,27). The van der Waals surface area contributed by atoms with E-state index in [9.17, 15) is 4.79 Å². The SMILES string of the molecule is COc1cc(-c2ccc(SCC(=O)NCCc3ccccc3)nn2)cc(OC)c1OC. The molecule has 162 valence electrons. The van der Waals surface area contributed by atoms with Crippen LogP contribution >= 0.6 is 11.8 Å². The van der Waals surface area contributed by atoms with Gasteiger partial charge < -0.3 is 19.5 Å². The van der Waals surface area contributed by atoms with Crippen molar-refractivity contribution in [3.63, 3.8) is 0 Å². The number of aromatic nitrogens is 2. The molecular weight excluding hydrogens is 414 g/mol. The average Bonchev–Trinajstić information content (AvgIpc) is 2.82. The van der Waals surface area contributed by atoms with Crippen LogP contribution in [0.15, 0.2) is 59.6 Å². The lowest BCUT2D eigenvalue weighted by molar-refractivity contribution is -0.118. The number of rotatable bonds is 10. The predicted octanol–water partition coefficient (Wildman–Crippen LogP) is 3.62. The minimum atomic E-state index is -0.0311. The number of hydrogen-bond donors (Lipinski definition) is 1. The molecule has 1 amide bonds. The van der Waals surface area contributed by atoms with Gasteiger partial charge in [-0.2, -0.15) is 0 Å². The second-order valence-electron chi connectivity index (χ2n) is 6.55. The number of thioether (sulfide) groups is 1. The lowest BCUT2D eigenvalue weighted by Crippen LogP contribution is -2.27. The first kappa shape index (κ1) is 22.4. The molecule has 0 bridgehead atoms. The number of methoxy groups -OCH3 is 3. The van der Waals surface area contributed by atoms with Gasteiger partial charge in [-0.05, 0) is 36.2 Å². The van der Waals surface area contributed by atoms with Gasteiger partial charge in [0, 0.05) is 12.1 Å². The van der Waals surface area contributed by atoms with E-state index in [1.165, 1.54) is 17.3 Å². The van der Waals surface area contributed by atoms with Gasteiger partial charge in [-0.3, -0.25) is 4.79 Å². The van der Waals surface area contributed by atoms with Crippen LogP contribution < -0.4 is 19.5 Å². The molecule has 0 atom stereocenters. The highest BCUT2D eigenvalue weighted by Crippen LogP contribution is 2.40. The minimum absolute atomic E-state index is 0.0311. The Kier molecular flexibility index (Phi) is 8.12. The van der Waals surface area contributed by atoms with E-state index < -0.39 is 0 Å². The molecule has 31 heavy (non-hydrogen) atoms. The largest absolute Gasteiger partial charge is 0.493 e. The summed E-state index contributed by atoms with van der Waals surface area (Å²) in [5.41, 5.74) is 2.65. The number of nitrogens with one attached hydrogen (secondary N) is 1. The lowest BCUT2D eigenvalue weighted by Gasteiger charge is -2.13. The molecule has 0 unspecified atom stereocenters. The molecule has 2 aromatic carbocycles. The van der Waals surface area contributed by atoms with Crippen LogP contribution in [0.25, 0.3) is 11.3 Å². The summed E-state index contributed by atoms with van der Waals surface area (Å²) in [7, 11) is 4.69. The zero-order valence-corrected chi connectivity index (χ0v) is 18.6. The van der Waals surface area contributed by atoms with Crippen molar-refractivity contribution in [1.29, 1.82) is 0 Å². The van der Waals surface area contributed by atoms with E-state index in [1.54, 1.807) is 21.3 Å². The van der Waals surface area contributed by atoms with Crippen LogP contribution in [0.5, 0.6) is 17.2 Å². The van der Waals surface area contributed by atoms with E-state index in [2.05, 4.69) is 15.5 Å². The molecular formula is C23H25N3O4S. The number of carbonyl (C=O) groups excluding carboxylic acids is 1. The summed E-state index contributed by atoms with van der Waals surface area (Å²) >= 11 is 1.35. The van der Waals surface area contributed by atoms with Crippen LogP contribution in [0, 0.1) is 0 Å². The monoisotopic (exact) mass is 439 g/mol. The number of carbonyl (C=O) groups is 1. The quantitative estimate of drug-likeness (QED) is 0.483. The van der Waals surface area contributed by atoms with Crippen molar-refractivity contribution in [3.05, 3.63) is 60.2 Å². The zero-order valence-electron chi connectivity index (χ0n) is 17.8. The Morgan fingerprint density at radius 1 is 0.935 bits per heavy atom. The Balaban J connectivity index is 1.56. The van der Waals surface area contributed by atoms with Gasteiger partial charge in [0.15, 0.2) is 11.5 Å². The number of ether oxygens (including phenoxy) is 3. The van der Waals surface area contributed by atoms with Crippen molar-refractivity contribution in [1.82, 2.24) is 15.5 Å². The van der Waals surface area contributed by atoms with Gasteiger partial charge >= 0.3 is 0 Å². The molecule has 0 aliphatic carbocycles. The number of hydrogen-bond acceptors (Lipinski definition) is 7. The highest BCUT2D eigenvalue weighted by atomic mass is 32.2. The second-order valence-corrected chi connectivity index (χ2v) is 7.54. The summed E-state index contributed by atoms with van der Waals surface area (Å²) in [6.07, 6.45) is 0.806. The fraction of sp³-hybridized carbons (Fsp3) is 0.261. The van der Waals surface area contributed by atoms with Gasteiger partial charge in [-0.15, -0.1) is 10.2 Å². The summed E-state index contributed by atoms with van der Waals surface area (Å²) in [6, 6.07) is 17.4. The van der Waals surface area contributed by atoms with Crippen LogP contribution in [0.1, 0.15) is 5.56 Å². The van der Waals surface area contributed by atoms with Crippen molar-refractivity contribution in [2.75, 3.05) is 33.6 Å². The molecule has 3 rings (SSSR count). The molecule has 0 aliphatic rings. The summed E-state index contributed by atoms with van der Waals surface area (Å²) in [5, 5.41) is 12.1.